The highest BCUT2D eigenvalue weighted by Crippen LogP contribution is 2.27. The van der Waals surface area contributed by atoms with Gasteiger partial charge in [-0.2, -0.15) is 0 Å². The van der Waals surface area contributed by atoms with Gasteiger partial charge in [0.25, 0.3) is 0 Å². The van der Waals surface area contributed by atoms with Crippen LogP contribution >= 0.6 is 0 Å². The summed E-state index contributed by atoms with van der Waals surface area (Å²) < 4.78 is 0. The molecule has 0 aromatic heterocycles. The molecule has 0 unspecified atom stereocenters. The highest BCUT2D eigenvalue weighted by atomic mass is 16.3. The Labute approximate surface area is 92.4 Å². The smallest absolute Gasteiger partial charge is 0.230 e. The van der Waals surface area contributed by atoms with Crippen LogP contribution in [-0.2, 0) is 4.79 Å². The topological polar surface area (TPSA) is 66.6 Å². The van der Waals surface area contributed by atoms with E-state index in [0.29, 0.717) is 19.6 Å². The summed E-state index contributed by atoms with van der Waals surface area (Å²) in [6.45, 7) is 7.30. The van der Waals surface area contributed by atoms with Crippen molar-refractivity contribution in [3.8, 4) is 0 Å². The molecule has 0 aromatic rings. The Morgan fingerprint density at radius 2 is 1.87 bits per heavy atom. The Morgan fingerprint density at radius 1 is 1.33 bits per heavy atom. The third-order valence-electron chi connectivity index (χ3n) is 3.24. The first-order valence-electron chi connectivity index (χ1n) is 5.72. The minimum atomic E-state index is -0.439. The highest BCUT2D eigenvalue weighted by Gasteiger charge is 2.35. The average Bonchev–Trinajstić information content (AvgIpc) is 2.28. The van der Waals surface area contributed by atoms with Crippen LogP contribution in [0.5, 0.6) is 0 Å². The first kappa shape index (κ1) is 14.4. The van der Waals surface area contributed by atoms with E-state index in [0.717, 1.165) is 12.8 Å². The molecular formula is C11H24N2O2. The Balaban J connectivity index is 4.74. The molecule has 0 aliphatic carbocycles. The van der Waals surface area contributed by atoms with Crippen molar-refractivity contribution in [2.45, 2.75) is 33.6 Å². The fourth-order valence-electron chi connectivity index (χ4n) is 1.79. The second-order valence-electron chi connectivity index (χ2n) is 3.80. The van der Waals surface area contributed by atoms with E-state index >= 15 is 0 Å². The number of carbonyl (C=O) groups is 1. The molecule has 0 rings (SSSR count). The minimum absolute atomic E-state index is 0.00760. The lowest BCUT2D eigenvalue weighted by molar-refractivity contribution is -0.142. The molecule has 15 heavy (non-hydrogen) atoms. The van der Waals surface area contributed by atoms with E-state index in [1.807, 2.05) is 20.8 Å². The van der Waals surface area contributed by atoms with Gasteiger partial charge in [0.15, 0.2) is 0 Å². The standard InChI is InChI=1S/C11H24N2O2/c1-4-11(5-2,9-12)10(15)13(6-3)7-8-14/h14H,4-9,12H2,1-3H3. The monoisotopic (exact) mass is 216 g/mol. The van der Waals surface area contributed by atoms with E-state index in [-0.39, 0.29) is 12.5 Å². The predicted molar refractivity (Wildman–Crippen MR) is 61.4 cm³/mol. The van der Waals surface area contributed by atoms with E-state index in [9.17, 15) is 4.79 Å². The van der Waals surface area contributed by atoms with Crippen LogP contribution in [-0.4, -0.2) is 42.2 Å². The van der Waals surface area contributed by atoms with Crippen molar-refractivity contribution < 1.29 is 9.90 Å². The van der Waals surface area contributed by atoms with Crippen molar-refractivity contribution in [1.29, 1.82) is 0 Å². The highest BCUT2D eigenvalue weighted by molar-refractivity contribution is 5.83. The van der Waals surface area contributed by atoms with Gasteiger partial charge in [0.05, 0.1) is 12.0 Å². The van der Waals surface area contributed by atoms with Gasteiger partial charge in [0, 0.05) is 19.6 Å². The van der Waals surface area contributed by atoms with Gasteiger partial charge in [-0.15, -0.1) is 0 Å². The van der Waals surface area contributed by atoms with Crippen molar-refractivity contribution in [3.05, 3.63) is 0 Å². The lowest BCUT2D eigenvalue weighted by atomic mass is 9.81. The normalized spacial score (nSPS) is 11.5. The molecular weight excluding hydrogens is 192 g/mol. The number of carbonyl (C=O) groups excluding carboxylic acids is 1. The van der Waals surface area contributed by atoms with Crippen LogP contribution in [0.4, 0.5) is 0 Å². The summed E-state index contributed by atoms with van der Waals surface area (Å²) in [6.07, 6.45) is 1.50. The van der Waals surface area contributed by atoms with Crippen LogP contribution in [0, 0.1) is 5.41 Å². The zero-order valence-corrected chi connectivity index (χ0v) is 10.1. The Kier molecular flexibility index (Phi) is 6.52. The fraction of sp³-hybridized carbons (Fsp3) is 0.909. The van der Waals surface area contributed by atoms with Crippen molar-refractivity contribution in [3.63, 3.8) is 0 Å². The Hall–Kier alpha value is -0.610. The van der Waals surface area contributed by atoms with Crippen molar-refractivity contribution >= 4 is 5.91 Å². The minimum Gasteiger partial charge on any atom is -0.395 e. The van der Waals surface area contributed by atoms with Gasteiger partial charge in [0.2, 0.25) is 5.91 Å². The number of aliphatic hydroxyl groups is 1. The molecule has 0 atom stereocenters. The van der Waals surface area contributed by atoms with Gasteiger partial charge in [-0.25, -0.2) is 0 Å². The Morgan fingerprint density at radius 3 is 2.13 bits per heavy atom. The Bertz CT molecular complexity index is 183. The summed E-state index contributed by atoms with van der Waals surface area (Å²) in [5.74, 6) is 0.0755. The summed E-state index contributed by atoms with van der Waals surface area (Å²) in [6, 6.07) is 0. The van der Waals surface area contributed by atoms with Crippen LogP contribution < -0.4 is 5.73 Å². The molecule has 0 saturated heterocycles. The summed E-state index contributed by atoms with van der Waals surface area (Å²) in [4.78, 5) is 13.9. The molecule has 3 N–H and O–H groups in total. The molecule has 0 aromatic carbocycles. The predicted octanol–water partition coefficient (Wildman–Crippen LogP) is 0.592. The van der Waals surface area contributed by atoms with Gasteiger partial charge < -0.3 is 15.7 Å². The maximum atomic E-state index is 12.2. The third-order valence-corrected chi connectivity index (χ3v) is 3.24. The van der Waals surface area contributed by atoms with Crippen molar-refractivity contribution in [1.82, 2.24) is 4.90 Å². The van der Waals surface area contributed by atoms with E-state index in [4.69, 9.17) is 10.8 Å². The van der Waals surface area contributed by atoms with E-state index in [1.165, 1.54) is 0 Å². The summed E-state index contributed by atoms with van der Waals surface area (Å²) in [5, 5.41) is 8.88. The van der Waals surface area contributed by atoms with Crippen molar-refractivity contribution in [2.75, 3.05) is 26.2 Å². The molecule has 0 saturated carbocycles. The first-order valence-corrected chi connectivity index (χ1v) is 5.72. The number of hydrogen-bond acceptors (Lipinski definition) is 3. The molecule has 0 bridgehead atoms. The number of amides is 1. The molecule has 90 valence electrons. The largest absolute Gasteiger partial charge is 0.395 e. The second-order valence-corrected chi connectivity index (χ2v) is 3.80. The molecule has 4 heteroatoms. The zero-order valence-electron chi connectivity index (χ0n) is 10.1. The second kappa shape index (κ2) is 6.80. The molecule has 0 heterocycles. The summed E-state index contributed by atoms with van der Waals surface area (Å²) >= 11 is 0. The van der Waals surface area contributed by atoms with Crippen LogP contribution in [0.2, 0.25) is 0 Å². The third kappa shape index (κ3) is 3.18. The number of rotatable bonds is 7. The van der Waals surface area contributed by atoms with Gasteiger partial charge in [0.1, 0.15) is 0 Å². The van der Waals surface area contributed by atoms with Crippen molar-refractivity contribution in [2.24, 2.45) is 11.1 Å². The van der Waals surface area contributed by atoms with Gasteiger partial charge >= 0.3 is 0 Å². The lowest BCUT2D eigenvalue weighted by Crippen LogP contribution is -2.48. The van der Waals surface area contributed by atoms with E-state index < -0.39 is 5.41 Å². The van der Waals surface area contributed by atoms with E-state index in [1.54, 1.807) is 4.90 Å². The molecule has 0 radical (unpaired) electrons. The number of hydrogen-bond donors (Lipinski definition) is 2. The van der Waals surface area contributed by atoms with Gasteiger partial charge in [-0.1, -0.05) is 13.8 Å². The fourth-order valence-corrected chi connectivity index (χ4v) is 1.79. The van der Waals surface area contributed by atoms with Crippen LogP contribution in [0.1, 0.15) is 33.6 Å². The summed E-state index contributed by atoms with van der Waals surface area (Å²) in [7, 11) is 0. The SMILES string of the molecule is CCN(CCO)C(=O)C(CC)(CC)CN. The maximum Gasteiger partial charge on any atom is 0.230 e. The van der Waals surface area contributed by atoms with Crippen LogP contribution in [0.25, 0.3) is 0 Å². The number of nitrogens with two attached hydrogens (primary N) is 1. The van der Waals surface area contributed by atoms with Gasteiger partial charge in [-0.05, 0) is 19.8 Å². The number of nitrogens with zero attached hydrogens (tertiary/aromatic N) is 1. The molecule has 0 aliphatic rings. The maximum absolute atomic E-state index is 12.2. The number of aliphatic hydroxyl groups excluding tert-OH is 1. The van der Waals surface area contributed by atoms with Crippen LogP contribution in [0.3, 0.4) is 0 Å². The molecule has 0 fully saturated rings. The molecule has 1 amide bonds. The molecule has 0 spiro atoms. The molecule has 0 aliphatic heterocycles. The van der Waals surface area contributed by atoms with Gasteiger partial charge in [-0.3, -0.25) is 4.79 Å². The quantitative estimate of drug-likeness (QED) is 0.654. The molecule has 4 nitrogen and oxygen atoms in total. The lowest BCUT2D eigenvalue weighted by Gasteiger charge is -2.34. The van der Waals surface area contributed by atoms with E-state index in [2.05, 4.69) is 0 Å². The zero-order chi connectivity index (χ0) is 11.9. The average molecular weight is 216 g/mol. The number of likely N-dealkylation sites (N-methyl/N-ethyl adjacent to an activating group) is 1. The first-order chi connectivity index (χ1) is 7.11. The van der Waals surface area contributed by atoms with Crippen LogP contribution in [0.15, 0.2) is 0 Å². The summed E-state index contributed by atoms with van der Waals surface area (Å²) in [5.41, 5.74) is 5.27.